The molecule has 5 N–H and O–H groups in total. The van der Waals surface area contributed by atoms with Crippen LogP contribution in [0.25, 0.3) is 11.2 Å². The largest absolute Gasteiger partial charge is 0.424 e. The van der Waals surface area contributed by atoms with Gasteiger partial charge in [0.15, 0.2) is 23.0 Å². The first kappa shape index (κ1) is 23.2. The fraction of sp³-hybridized carbons (Fsp3) is 0.389. The number of H-pyrrole nitrogens is 1. The molecule has 5 rings (SSSR count). The van der Waals surface area contributed by atoms with E-state index < -0.39 is 49.3 Å². The van der Waals surface area contributed by atoms with Crippen molar-refractivity contribution >= 4 is 35.6 Å². The van der Waals surface area contributed by atoms with Crippen LogP contribution in [0.4, 0.5) is 14.7 Å². The zero-order valence-electron chi connectivity index (χ0n) is 17.1. The molecule has 0 spiro atoms. The quantitative estimate of drug-likeness (QED) is 0.354. The Morgan fingerprint density at radius 2 is 2.18 bits per heavy atom. The monoisotopic (exact) mass is 517 g/mol. The molecule has 0 amide bonds. The van der Waals surface area contributed by atoms with Crippen molar-refractivity contribution in [3.63, 3.8) is 0 Å². The highest BCUT2D eigenvalue weighted by Gasteiger charge is 2.61. The van der Waals surface area contributed by atoms with Gasteiger partial charge in [-0.05, 0) is 6.07 Å². The molecular formula is C18H18F2N5O7PS. The van der Waals surface area contributed by atoms with Gasteiger partial charge in [-0.25, -0.2) is 13.8 Å². The topological polar surface area (TPSA) is 167 Å². The summed E-state index contributed by atoms with van der Waals surface area (Å²) >= 11 is 5.29. The SMILES string of the molecule is Nc1nc2c(ncn2[C@@H]2O[C@@](COP3(=S)OCc4ccccc4O3)(C(F)F)[C@@H](O)[C@@H]2O)c(=O)[nH]1. The van der Waals surface area contributed by atoms with E-state index in [0.29, 0.717) is 11.3 Å². The number of aromatic amines is 1. The Hall–Kier alpha value is -2.52. The highest BCUT2D eigenvalue weighted by molar-refractivity contribution is 8.07. The van der Waals surface area contributed by atoms with Gasteiger partial charge in [0.1, 0.15) is 18.0 Å². The summed E-state index contributed by atoms with van der Waals surface area (Å²) in [7, 11) is 0. The van der Waals surface area contributed by atoms with E-state index in [2.05, 4.69) is 15.0 Å². The number of aliphatic hydroxyl groups excluding tert-OH is 2. The molecule has 3 aromatic rings. The van der Waals surface area contributed by atoms with Gasteiger partial charge >= 0.3 is 6.72 Å². The van der Waals surface area contributed by atoms with Crippen LogP contribution in [0.1, 0.15) is 11.8 Å². The number of ether oxygens (including phenoxy) is 1. The van der Waals surface area contributed by atoms with Crippen molar-refractivity contribution in [2.24, 2.45) is 0 Å². The lowest BCUT2D eigenvalue weighted by atomic mass is 9.96. The minimum absolute atomic E-state index is 0.0481. The number of anilines is 1. The van der Waals surface area contributed by atoms with Gasteiger partial charge in [-0.15, -0.1) is 0 Å². The maximum Gasteiger partial charge on any atom is 0.381 e. The van der Waals surface area contributed by atoms with Gasteiger partial charge in [0.05, 0.1) is 19.5 Å². The number of benzene rings is 1. The molecule has 0 bridgehead atoms. The predicted octanol–water partition coefficient (Wildman–Crippen LogP) is 0.807. The van der Waals surface area contributed by atoms with Crippen LogP contribution >= 0.6 is 6.72 Å². The summed E-state index contributed by atoms with van der Waals surface area (Å²) < 4.78 is 51.7. The lowest BCUT2D eigenvalue weighted by Crippen LogP contribution is -2.52. The molecule has 2 aromatic heterocycles. The van der Waals surface area contributed by atoms with Gasteiger partial charge < -0.3 is 25.2 Å². The minimum atomic E-state index is -3.52. The van der Waals surface area contributed by atoms with E-state index in [1.807, 2.05) is 0 Å². The van der Waals surface area contributed by atoms with E-state index in [-0.39, 0.29) is 23.7 Å². The molecule has 12 nitrogen and oxygen atoms in total. The Labute approximate surface area is 194 Å². The number of rotatable bonds is 5. The highest BCUT2D eigenvalue weighted by atomic mass is 32.5. The molecule has 182 valence electrons. The molecule has 2 aliphatic heterocycles. The third-order valence-corrected chi connectivity index (χ3v) is 7.73. The molecule has 1 aromatic carbocycles. The van der Waals surface area contributed by atoms with E-state index in [4.69, 9.17) is 35.8 Å². The molecule has 34 heavy (non-hydrogen) atoms. The fourth-order valence-corrected chi connectivity index (χ4v) is 5.59. The van der Waals surface area contributed by atoms with E-state index in [1.165, 1.54) is 0 Å². The second kappa shape index (κ2) is 8.30. The number of nitrogens with zero attached hydrogens (tertiary/aromatic N) is 3. The number of aliphatic hydroxyl groups is 2. The van der Waals surface area contributed by atoms with Crippen molar-refractivity contribution in [2.75, 3.05) is 12.3 Å². The molecule has 1 unspecified atom stereocenters. The molecular weight excluding hydrogens is 499 g/mol. The molecule has 4 heterocycles. The van der Waals surface area contributed by atoms with Gasteiger partial charge in [0, 0.05) is 17.4 Å². The Balaban J connectivity index is 1.43. The van der Waals surface area contributed by atoms with Gasteiger partial charge in [-0.2, -0.15) is 4.98 Å². The maximum absolute atomic E-state index is 14.3. The van der Waals surface area contributed by atoms with E-state index in [9.17, 15) is 23.8 Å². The highest BCUT2D eigenvalue weighted by Crippen LogP contribution is 2.56. The molecule has 5 atom stereocenters. The predicted molar refractivity (Wildman–Crippen MR) is 116 cm³/mol. The second-order valence-electron chi connectivity index (χ2n) is 7.67. The van der Waals surface area contributed by atoms with Crippen LogP contribution in [-0.2, 0) is 32.2 Å². The fourth-order valence-electron chi connectivity index (χ4n) is 3.77. The zero-order valence-corrected chi connectivity index (χ0v) is 18.8. The molecule has 2 aliphatic rings. The number of aromatic nitrogens is 4. The number of nitrogen functional groups attached to an aromatic ring is 1. The first-order valence-corrected chi connectivity index (χ1v) is 12.4. The number of nitrogens with two attached hydrogens (primary N) is 1. The van der Waals surface area contributed by atoms with Crippen molar-refractivity contribution in [2.45, 2.75) is 37.1 Å². The Morgan fingerprint density at radius 1 is 1.41 bits per heavy atom. The third-order valence-electron chi connectivity index (χ3n) is 5.56. The van der Waals surface area contributed by atoms with Crippen molar-refractivity contribution in [3.05, 3.63) is 46.5 Å². The van der Waals surface area contributed by atoms with Crippen molar-refractivity contribution < 1.29 is 37.3 Å². The van der Waals surface area contributed by atoms with Gasteiger partial charge in [0.25, 0.3) is 12.0 Å². The van der Waals surface area contributed by atoms with Crippen LogP contribution < -0.4 is 15.8 Å². The van der Waals surface area contributed by atoms with E-state index in [0.717, 1.165) is 10.9 Å². The molecule has 0 aliphatic carbocycles. The number of halogens is 2. The summed E-state index contributed by atoms with van der Waals surface area (Å²) in [5.74, 6) is 0.133. The average molecular weight is 517 g/mol. The van der Waals surface area contributed by atoms with Crippen molar-refractivity contribution in [3.8, 4) is 5.75 Å². The summed E-state index contributed by atoms with van der Waals surface area (Å²) in [6, 6.07) is 6.86. The molecule has 0 radical (unpaired) electrons. The summed E-state index contributed by atoms with van der Waals surface area (Å²) in [6.45, 7) is -4.43. The standard InChI is InChI=1S/C18H18F2N5O7PS/c19-16(20)18(6-30-33(34)29-5-8-3-1-2-4-9(8)32-33)12(27)11(26)15(31-18)25-7-22-10-13(25)23-17(21)24-14(10)28/h1-4,7,11-12,15-16,26-27H,5-6H2,(H3,21,23,24,28)/t11-,12-,15+,18+,33?/m0/s1. The number of alkyl halides is 2. The number of hydrogen-bond donors (Lipinski definition) is 4. The van der Waals surface area contributed by atoms with Crippen LogP contribution in [0.2, 0.25) is 0 Å². The lowest BCUT2D eigenvalue weighted by Gasteiger charge is -2.34. The van der Waals surface area contributed by atoms with E-state index in [1.54, 1.807) is 24.3 Å². The number of hydrogen-bond acceptors (Lipinski definition) is 11. The normalized spacial score (nSPS) is 31.0. The Kier molecular flexibility index (Phi) is 5.67. The van der Waals surface area contributed by atoms with Crippen LogP contribution in [0, 0.1) is 0 Å². The minimum Gasteiger partial charge on any atom is -0.424 e. The van der Waals surface area contributed by atoms with Crippen LogP contribution in [0.3, 0.4) is 0 Å². The Bertz CT molecular complexity index is 1360. The van der Waals surface area contributed by atoms with Crippen LogP contribution in [0.15, 0.2) is 35.4 Å². The van der Waals surface area contributed by atoms with Crippen LogP contribution in [-0.4, -0.2) is 60.6 Å². The average Bonchev–Trinajstić information content (AvgIpc) is 3.32. The summed E-state index contributed by atoms with van der Waals surface area (Å²) in [6.07, 6.45) is -7.85. The summed E-state index contributed by atoms with van der Waals surface area (Å²) in [4.78, 5) is 22.1. The number of fused-ring (bicyclic) bond motifs is 2. The molecule has 1 saturated heterocycles. The van der Waals surface area contributed by atoms with Crippen molar-refractivity contribution in [1.29, 1.82) is 0 Å². The summed E-state index contributed by atoms with van der Waals surface area (Å²) in [5, 5.41) is 21.2. The number of nitrogens with one attached hydrogen (secondary N) is 1. The smallest absolute Gasteiger partial charge is 0.381 e. The van der Waals surface area contributed by atoms with Gasteiger partial charge in [-0.1, -0.05) is 18.2 Å². The maximum atomic E-state index is 14.3. The first-order valence-electron chi connectivity index (χ1n) is 9.84. The zero-order chi connectivity index (χ0) is 24.3. The van der Waals surface area contributed by atoms with Crippen molar-refractivity contribution in [1.82, 2.24) is 19.5 Å². The summed E-state index contributed by atoms with van der Waals surface area (Å²) in [5.41, 5.74) is 2.58. The second-order valence-corrected chi connectivity index (χ2v) is 10.6. The first-order chi connectivity index (χ1) is 16.1. The van der Waals surface area contributed by atoms with Gasteiger partial charge in [0.2, 0.25) is 5.95 Å². The lowest BCUT2D eigenvalue weighted by molar-refractivity contribution is -0.192. The molecule has 1 fully saturated rings. The van der Waals surface area contributed by atoms with Gasteiger partial charge in [-0.3, -0.25) is 23.4 Å². The Morgan fingerprint density at radius 3 is 2.94 bits per heavy atom. The van der Waals surface area contributed by atoms with Crippen LogP contribution in [0.5, 0.6) is 5.75 Å². The number of para-hydroxylation sites is 1. The molecule has 16 heteroatoms. The van der Waals surface area contributed by atoms with E-state index >= 15 is 0 Å². The molecule has 0 saturated carbocycles. The third kappa shape index (κ3) is 3.69. The number of imidazole rings is 1.